The van der Waals surface area contributed by atoms with Crippen molar-refractivity contribution >= 4 is 5.97 Å². The van der Waals surface area contributed by atoms with Crippen molar-refractivity contribution in [2.75, 3.05) is 7.11 Å². The Hall–Kier alpha value is -1.36. The molecule has 0 N–H and O–H groups in total. The number of ether oxygens (including phenoxy) is 1. The molecular formula is C15H14IO2+. The number of carbonyl (C=O) groups excluding carboxylic acids is 1. The highest BCUT2D eigenvalue weighted by atomic mass is 127. The zero-order chi connectivity index (χ0) is 13.0. The van der Waals surface area contributed by atoms with Gasteiger partial charge < -0.3 is 4.74 Å². The van der Waals surface area contributed by atoms with Crippen LogP contribution in [0, 0.1) is 14.1 Å². The summed E-state index contributed by atoms with van der Waals surface area (Å²) in [5.74, 6) is -0.270. The van der Waals surface area contributed by atoms with E-state index in [1.807, 2.05) is 24.3 Å². The Morgan fingerprint density at radius 2 is 1.83 bits per heavy atom. The van der Waals surface area contributed by atoms with E-state index in [1.54, 1.807) is 0 Å². The Kier molecular flexibility index (Phi) is 4.36. The topological polar surface area (TPSA) is 26.3 Å². The van der Waals surface area contributed by atoms with Gasteiger partial charge in [-0.3, -0.25) is 0 Å². The largest absolute Gasteiger partial charge is 0.465 e. The van der Waals surface area contributed by atoms with Gasteiger partial charge in [-0.05, 0) is 25.1 Å². The molecule has 0 radical (unpaired) electrons. The molecule has 0 aromatic heterocycles. The molecule has 2 rings (SSSR count). The lowest BCUT2D eigenvalue weighted by atomic mass is 10.1. The maximum absolute atomic E-state index is 11.5. The molecule has 0 aliphatic rings. The van der Waals surface area contributed by atoms with Crippen molar-refractivity contribution < 1.29 is 30.7 Å². The van der Waals surface area contributed by atoms with E-state index in [4.69, 9.17) is 4.74 Å². The van der Waals surface area contributed by atoms with Crippen LogP contribution in [0.15, 0.2) is 48.5 Å². The van der Waals surface area contributed by atoms with Gasteiger partial charge in [0.15, 0.2) is 7.14 Å². The molecule has 0 atom stereocenters. The molecule has 2 aromatic rings. The first kappa shape index (κ1) is 13.1. The van der Waals surface area contributed by atoms with Crippen LogP contribution >= 0.6 is 0 Å². The van der Waals surface area contributed by atoms with Crippen LogP contribution in [0.5, 0.6) is 0 Å². The van der Waals surface area contributed by atoms with Gasteiger partial charge in [0, 0.05) is 11.6 Å². The SMILES string of the molecule is COC(=O)c1ccc(C)c([I+]c2ccccc2)c1. The van der Waals surface area contributed by atoms with E-state index in [2.05, 4.69) is 31.2 Å². The van der Waals surface area contributed by atoms with Crippen molar-refractivity contribution in [1.29, 1.82) is 0 Å². The lowest BCUT2D eigenvalue weighted by Crippen LogP contribution is -3.61. The fourth-order valence-corrected chi connectivity index (χ4v) is 4.08. The molecule has 0 fully saturated rings. The Labute approximate surface area is 117 Å². The third kappa shape index (κ3) is 3.10. The average Bonchev–Trinajstić information content (AvgIpc) is 2.41. The van der Waals surface area contributed by atoms with Gasteiger partial charge in [-0.2, -0.15) is 0 Å². The fourth-order valence-electron chi connectivity index (χ4n) is 1.53. The normalized spacial score (nSPS) is 10.1. The number of hydrogen-bond donors (Lipinski definition) is 0. The number of esters is 1. The number of halogens is 1. The van der Waals surface area contributed by atoms with Crippen molar-refractivity contribution in [2.24, 2.45) is 0 Å². The third-order valence-corrected chi connectivity index (χ3v) is 5.62. The van der Waals surface area contributed by atoms with Crippen LogP contribution in [0.25, 0.3) is 0 Å². The van der Waals surface area contributed by atoms with Crippen LogP contribution in [0.2, 0.25) is 0 Å². The summed E-state index contributed by atoms with van der Waals surface area (Å²) in [4.78, 5) is 11.5. The summed E-state index contributed by atoms with van der Waals surface area (Å²) >= 11 is -0.248. The van der Waals surface area contributed by atoms with E-state index in [1.165, 1.54) is 19.8 Å². The highest BCUT2D eigenvalue weighted by Crippen LogP contribution is 2.04. The van der Waals surface area contributed by atoms with Crippen LogP contribution in [-0.2, 0) is 4.74 Å². The minimum atomic E-state index is -0.270. The summed E-state index contributed by atoms with van der Waals surface area (Å²) in [6.07, 6.45) is 0. The lowest BCUT2D eigenvalue weighted by molar-refractivity contribution is -0.598. The molecule has 2 aromatic carbocycles. The molecule has 0 aliphatic carbocycles. The van der Waals surface area contributed by atoms with Crippen LogP contribution < -0.4 is 21.2 Å². The van der Waals surface area contributed by atoms with E-state index >= 15 is 0 Å². The second kappa shape index (κ2) is 6.00. The maximum Gasteiger partial charge on any atom is 0.358 e. The van der Waals surface area contributed by atoms with Crippen molar-refractivity contribution in [3.8, 4) is 0 Å². The maximum atomic E-state index is 11.5. The molecule has 0 unspecified atom stereocenters. The number of benzene rings is 2. The van der Waals surface area contributed by atoms with Gasteiger partial charge in [0.25, 0.3) is 0 Å². The van der Waals surface area contributed by atoms with Crippen molar-refractivity contribution in [3.63, 3.8) is 0 Å². The minimum Gasteiger partial charge on any atom is -0.465 e. The van der Waals surface area contributed by atoms with Gasteiger partial charge in [-0.1, -0.05) is 24.3 Å². The first-order valence-corrected chi connectivity index (χ1v) is 7.75. The molecular weight excluding hydrogens is 339 g/mol. The summed E-state index contributed by atoms with van der Waals surface area (Å²) < 4.78 is 7.37. The van der Waals surface area contributed by atoms with E-state index in [9.17, 15) is 4.79 Å². The molecule has 2 nitrogen and oxygen atoms in total. The smallest absolute Gasteiger partial charge is 0.358 e. The van der Waals surface area contributed by atoms with Gasteiger partial charge in [0.1, 0.15) is 0 Å². The second-order valence-electron chi connectivity index (χ2n) is 3.85. The van der Waals surface area contributed by atoms with Gasteiger partial charge in [-0.25, -0.2) is 4.79 Å². The van der Waals surface area contributed by atoms with Crippen molar-refractivity contribution in [2.45, 2.75) is 6.92 Å². The van der Waals surface area contributed by atoms with Crippen LogP contribution in [0.4, 0.5) is 0 Å². The first-order valence-electron chi connectivity index (χ1n) is 5.59. The van der Waals surface area contributed by atoms with E-state index in [0.29, 0.717) is 5.56 Å². The molecule has 0 bridgehead atoms. The second-order valence-corrected chi connectivity index (χ2v) is 6.79. The number of rotatable bonds is 3. The van der Waals surface area contributed by atoms with Crippen molar-refractivity contribution in [1.82, 2.24) is 0 Å². The molecule has 92 valence electrons. The predicted molar refractivity (Wildman–Crippen MR) is 66.4 cm³/mol. The Morgan fingerprint density at radius 3 is 2.50 bits per heavy atom. The van der Waals surface area contributed by atoms with Gasteiger partial charge in [0.05, 0.1) is 12.7 Å². The van der Waals surface area contributed by atoms with Gasteiger partial charge >= 0.3 is 27.2 Å². The van der Waals surface area contributed by atoms with Crippen LogP contribution in [-0.4, -0.2) is 13.1 Å². The zero-order valence-corrected chi connectivity index (χ0v) is 12.5. The monoisotopic (exact) mass is 353 g/mol. The van der Waals surface area contributed by atoms with Crippen LogP contribution in [0.1, 0.15) is 15.9 Å². The molecule has 0 spiro atoms. The van der Waals surface area contributed by atoms with E-state index in [-0.39, 0.29) is 27.2 Å². The summed E-state index contributed by atoms with van der Waals surface area (Å²) in [5.41, 5.74) is 1.87. The van der Waals surface area contributed by atoms with Crippen molar-refractivity contribution in [3.05, 3.63) is 66.8 Å². The van der Waals surface area contributed by atoms with Crippen LogP contribution in [0.3, 0.4) is 0 Å². The standard InChI is InChI=1S/C15H14IO2/c1-11-8-9-12(15(17)18-2)10-14(11)16-13-6-4-3-5-7-13/h3-10H,1-2H3/q+1. The zero-order valence-electron chi connectivity index (χ0n) is 10.3. The van der Waals surface area contributed by atoms with Gasteiger partial charge in [0.2, 0.25) is 0 Å². The number of aryl methyl sites for hydroxylation is 1. The summed E-state index contributed by atoms with van der Waals surface area (Å²) in [6, 6.07) is 16.2. The third-order valence-electron chi connectivity index (χ3n) is 2.54. The molecule has 18 heavy (non-hydrogen) atoms. The first-order chi connectivity index (χ1) is 8.70. The Morgan fingerprint density at radius 1 is 1.11 bits per heavy atom. The highest BCUT2D eigenvalue weighted by molar-refractivity contribution is 5.89. The number of carbonyl (C=O) groups is 1. The molecule has 0 saturated carbocycles. The summed E-state index contributed by atoms with van der Waals surface area (Å²) in [6.45, 7) is 2.08. The minimum absolute atomic E-state index is 0.248. The molecule has 0 heterocycles. The number of methoxy groups -OCH3 is 1. The quantitative estimate of drug-likeness (QED) is 0.570. The molecule has 0 amide bonds. The molecule has 0 saturated heterocycles. The number of hydrogen-bond acceptors (Lipinski definition) is 2. The van der Waals surface area contributed by atoms with Gasteiger partial charge in [-0.15, -0.1) is 0 Å². The Bertz CT molecular complexity index is 550. The van der Waals surface area contributed by atoms with E-state index < -0.39 is 0 Å². The average molecular weight is 353 g/mol. The molecule has 3 heteroatoms. The fraction of sp³-hybridized carbons (Fsp3) is 0.133. The highest BCUT2D eigenvalue weighted by Gasteiger charge is 2.20. The summed E-state index contributed by atoms with van der Waals surface area (Å²) in [5, 5.41) is 0. The van der Waals surface area contributed by atoms with E-state index in [0.717, 1.165) is 0 Å². The summed E-state index contributed by atoms with van der Waals surface area (Å²) in [7, 11) is 1.41. The molecule has 0 aliphatic heterocycles. The Balaban J connectivity index is 2.30. The lowest BCUT2D eigenvalue weighted by Gasteiger charge is -1.99. The predicted octanol–water partition coefficient (Wildman–Crippen LogP) is -0.0900.